The first-order chi connectivity index (χ1) is 9.90. The van der Waals surface area contributed by atoms with E-state index in [1.54, 1.807) is 7.05 Å². The number of rotatable bonds is 5. The third kappa shape index (κ3) is 3.37. The van der Waals surface area contributed by atoms with Crippen LogP contribution in [0.5, 0.6) is 0 Å². The number of hydrogen-bond donors (Lipinski definition) is 3. The van der Waals surface area contributed by atoms with Gasteiger partial charge in [-0.25, -0.2) is 9.78 Å². The van der Waals surface area contributed by atoms with Gasteiger partial charge in [-0.1, -0.05) is 23.2 Å². The van der Waals surface area contributed by atoms with Gasteiger partial charge in [0.25, 0.3) is 5.91 Å². The van der Waals surface area contributed by atoms with Gasteiger partial charge >= 0.3 is 5.97 Å². The minimum absolute atomic E-state index is 0.0902. The van der Waals surface area contributed by atoms with Crippen molar-refractivity contribution < 1.29 is 14.7 Å². The van der Waals surface area contributed by atoms with Crippen LogP contribution in [0.15, 0.2) is 18.6 Å². The number of nitrogens with zero attached hydrogens (tertiary/aromatic N) is 2. The maximum absolute atomic E-state index is 12.1. The third-order valence-electron chi connectivity index (χ3n) is 2.93. The summed E-state index contributed by atoms with van der Waals surface area (Å²) in [7, 11) is 1.56. The molecule has 2 aromatic heterocycles. The van der Waals surface area contributed by atoms with Crippen LogP contribution < -0.4 is 5.32 Å². The molecule has 1 amide bonds. The zero-order valence-corrected chi connectivity index (χ0v) is 12.4. The number of imidazole rings is 1. The predicted octanol–water partition coefficient (Wildman–Crippen LogP) is 1.48. The van der Waals surface area contributed by atoms with Crippen molar-refractivity contribution in [2.75, 3.05) is 0 Å². The average molecular weight is 331 g/mol. The second-order valence-electron chi connectivity index (χ2n) is 4.37. The van der Waals surface area contributed by atoms with Crippen molar-refractivity contribution in [3.8, 4) is 0 Å². The van der Waals surface area contributed by atoms with E-state index in [2.05, 4.69) is 15.3 Å². The first-order valence-corrected chi connectivity index (χ1v) is 6.67. The molecular formula is C12H12Cl2N4O3. The molecule has 7 nitrogen and oxygen atoms in total. The first-order valence-electron chi connectivity index (χ1n) is 5.91. The van der Waals surface area contributed by atoms with Gasteiger partial charge in [0.15, 0.2) is 0 Å². The third-order valence-corrected chi connectivity index (χ3v) is 3.77. The highest BCUT2D eigenvalue weighted by Crippen LogP contribution is 2.25. The number of H-pyrrole nitrogens is 1. The number of aromatic amines is 1. The van der Waals surface area contributed by atoms with Crippen molar-refractivity contribution in [3.05, 3.63) is 40.2 Å². The van der Waals surface area contributed by atoms with Crippen LogP contribution in [-0.2, 0) is 18.3 Å². The Balaban J connectivity index is 2.14. The largest absolute Gasteiger partial charge is 0.480 e. The molecule has 2 rings (SSSR count). The summed E-state index contributed by atoms with van der Waals surface area (Å²) in [6.45, 7) is 0. The van der Waals surface area contributed by atoms with Crippen LogP contribution in [0.25, 0.3) is 0 Å². The van der Waals surface area contributed by atoms with Gasteiger partial charge in [-0.15, -0.1) is 0 Å². The molecule has 0 aliphatic rings. The summed E-state index contributed by atoms with van der Waals surface area (Å²) in [5.41, 5.74) is 0.784. The van der Waals surface area contributed by atoms with E-state index in [-0.39, 0.29) is 22.3 Å². The maximum atomic E-state index is 12.1. The lowest BCUT2D eigenvalue weighted by atomic mass is 10.1. The summed E-state index contributed by atoms with van der Waals surface area (Å²) >= 11 is 11.7. The van der Waals surface area contributed by atoms with Crippen LogP contribution in [0.4, 0.5) is 0 Å². The summed E-state index contributed by atoms with van der Waals surface area (Å²) in [5, 5.41) is 12.1. The van der Waals surface area contributed by atoms with Gasteiger partial charge in [-0.3, -0.25) is 4.79 Å². The average Bonchev–Trinajstić information content (AvgIpc) is 3.02. The van der Waals surface area contributed by atoms with Gasteiger partial charge in [0.05, 0.1) is 11.3 Å². The predicted molar refractivity (Wildman–Crippen MR) is 76.6 cm³/mol. The Morgan fingerprint density at radius 3 is 2.71 bits per heavy atom. The van der Waals surface area contributed by atoms with E-state index < -0.39 is 17.9 Å². The quantitative estimate of drug-likeness (QED) is 0.773. The summed E-state index contributed by atoms with van der Waals surface area (Å²) in [4.78, 5) is 30.0. The van der Waals surface area contributed by atoms with Gasteiger partial charge in [0.1, 0.15) is 16.9 Å². The topological polar surface area (TPSA) is 100 Å². The zero-order chi connectivity index (χ0) is 15.6. The lowest BCUT2D eigenvalue weighted by molar-refractivity contribution is -0.139. The van der Waals surface area contributed by atoms with Gasteiger partial charge in [-0.05, 0) is 6.07 Å². The lowest BCUT2D eigenvalue weighted by Gasteiger charge is -2.14. The highest BCUT2D eigenvalue weighted by Gasteiger charge is 2.24. The summed E-state index contributed by atoms with van der Waals surface area (Å²) in [6.07, 6.45) is 3.03. The molecule has 0 aliphatic carbocycles. The number of carbonyl (C=O) groups excluding carboxylic acids is 1. The van der Waals surface area contributed by atoms with Crippen LogP contribution >= 0.6 is 23.2 Å². The van der Waals surface area contributed by atoms with Crippen molar-refractivity contribution in [2.45, 2.75) is 12.5 Å². The van der Waals surface area contributed by atoms with Crippen molar-refractivity contribution in [1.29, 1.82) is 0 Å². The molecule has 2 heterocycles. The van der Waals surface area contributed by atoms with Crippen LogP contribution in [-0.4, -0.2) is 37.6 Å². The Kier molecular flexibility index (Phi) is 4.54. The molecule has 0 spiro atoms. The SMILES string of the molecule is Cn1c(C(=O)N[C@H](Cc2cnc[nH]2)C(=O)O)cc(Cl)c1Cl. The molecule has 1 atom stereocenters. The number of amides is 1. The van der Waals surface area contributed by atoms with E-state index in [1.165, 1.54) is 23.2 Å². The molecule has 112 valence electrons. The lowest BCUT2D eigenvalue weighted by Crippen LogP contribution is -2.43. The molecule has 0 saturated carbocycles. The van der Waals surface area contributed by atoms with Gasteiger partial charge in [0, 0.05) is 25.4 Å². The maximum Gasteiger partial charge on any atom is 0.326 e. The summed E-state index contributed by atoms with van der Waals surface area (Å²) in [6, 6.07) is 0.291. The van der Waals surface area contributed by atoms with Gasteiger partial charge in [0.2, 0.25) is 0 Å². The molecule has 0 bridgehead atoms. The Morgan fingerprint density at radius 2 is 2.24 bits per heavy atom. The normalized spacial score (nSPS) is 12.1. The van der Waals surface area contributed by atoms with Crippen molar-refractivity contribution in [2.24, 2.45) is 7.05 Å². The fourth-order valence-electron chi connectivity index (χ4n) is 1.81. The minimum Gasteiger partial charge on any atom is -0.480 e. The minimum atomic E-state index is -1.15. The number of carboxylic acid groups (broad SMARTS) is 1. The number of carbonyl (C=O) groups is 2. The van der Waals surface area contributed by atoms with Crippen molar-refractivity contribution in [1.82, 2.24) is 19.9 Å². The van der Waals surface area contributed by atoms with Gasteiger partial charge < -0.3 is 20.0 Å². The van der Waals surface area contributed by atoms with E-state index in [0.29, 0.717) is 5.69 Å². The highest BCUT2D eigenvalue weighted by molar-refractivity contribution is 6.41. The van der Waals surface area contributed by atoms with Gasteiger partial charge in [-0.2, -0.15) is 0 Å². The highest BCUT2D eigenvalue weighted by atomic mass is 35.5. The van der Waals surface area contributed by atoms with Crippen molar-refractivity contribution in [3.63, 3.8) is 0 Å². The van der Waals surface area contributed by atoms with Crippen LogP contribution in [0, 0.1) is 0 Å². The van der Waals surface area contributed by atoms with E-state index in [1.807, 2.05) is 0 Å². The molecule has 0 radical (unpaired) electrons. The molecular weight excluding hydrogens is 319 g/mol. The Labute approximate surface area is 129 Å². The fraction of sp³-hybridized carbons (Fsp3) is 0.250. The van der Waals surface area contributed by atoms with Crippen LogP contribution in [0.1, 0.15) is 16.2 Å². The number of carboxylic acids is 1. The fourth-order valence-corrected chi connectivity index (χ4v) is 2.18. The standard InChI is InChI=1S/C12H12Cl2N4O3/c1-18-9(3-7(13)10(18)14)11(19)17-8(12(20)21)2-6-4-15-5-16-6/h3-5,8H,2H2,1H3,(H,15,16)(H,17,19)(H,20,21)/t8-/m1/s1. The summed E-state index contributed by atoms with van der Waals surface area (Å²) < 4.78 is 1.38. The van der Waals surface area contributed by atoms with E-state index in [9.17, 15) is 14.7 Å². The molecule has 9 heteroatoms. The molecule has 0 fully saturated rings. The number of aromatic nitrogens is 3. The summed E-state index contributed by atoms with van der Waals surface area (Å²) in [5.74, 6) is -1.72. The van der Waals surface area contributed by atoms with E-state index in [4.69, 9.17) is 23.2 Å². The van der Waals surface area contributed by atoms with E-state index in [0.717, 1.165) is 0 Å². The zero-order valence-electron chi connectivity index (χ0n) is 10.9. The number of hydrogen-bond acceptors (Lipinski definition) is 3. The monoisotopic (exact) mass is 330 g/mol. The smallest absolute Gasteiger partial charge is 0.326 e. The molecule has 3 N–H and O–H groups in total. The Morgan fingerprint density at radius 1 is 1.52 bits per heavy atom. The number of aliphatic carboxylic acids is 1. The molecule has 21 heavy (non-hydrogen) atoms. The molecule has 0 saturated heterocycles. The van der Waals surface area contributed by atoms with Crippen LogP contribution in [0.3, 0.4) is 0 Å². The Hall–Kier alpha value is -1.99. The van der Waals surface area contributed by atoms with Crippen molar-refractivity contribution >= 4 is 35.1 Å². The first kappa shape index (κ1) is 15.4. The number of halogens is 2. The second kappa shape index (κ2) is 6.19. The molecule has 0 aliphatic heterocycles. The van der Waals surface area contributed by atoms with E-state index >= 15 is 0 Å². The Bertz CT molecular complexity index is 666. The number of nitrogens with one attached hydrogen (secondary N) is 2. The molecule has 0 aromatic carbocycles. The second-order valence-corrected chi connectivity index (χ2v) is 5.14. The molecule has 0 unspecified atom stereocenters. The molecule has 2 aromatic rings. The van der Waals surface area contributed by atoms with Crippen LogP contribution in [0.2, 0.25) is 10.2 Å².